The fraction of sp³-hybridized carbons (Fsp3) is 0.294. The van der Waals surface area contributed by atoms with Crippen molar-refractivity contribution >= 4 is 20.0 Å². The van der Waals surface area contributed by atoms with Gasteiger partial charge in [0.05, 0.1) is 15.8 Å². The molecule has 0 radical (unpaired) electrons. The van der Waals surface area contributed by atoms with Crippen molar-refractivity contribution in [1.29, 1.82) is 0 Å². The van der Waals surface area contributed by atoms with Crippen molar-refractivity contribution in [2.45, 2.75) is 29.7 Å². The first-order valence-corrected chi connectivity index (χ1v) is 11.1. The largest absolute Gasteiger partial charge is 0.317 e. The van der Waals surface area contributed by atoms with E-state index in [9.17, 15) is 16.8 Å². The van der Waals surface area contributed by atoms with Crippen molar-refractivity contribution in [3.63, 3.8) is 0 Å². The fourth-order valence-electron chi connectivity index (χ4n) is 2.28. The number of aryl methyl sites for hydroxylation is 2. The lowest BCUT2D eigenvalue weighted by Crippen LogP contribution is -2.48. The van der Waals surface area contributed by atoms with E-state index in [4.69, 9.17) is 5.21 Å². The number of nitrogens with one attached hydrogen (secondary N) is 3. The van der Waals surface area contributed by atoms with Crippen LogP contribution in [0.15, 0.2) is 58.3 Å². The predicted molar refractivity (Wildman–Crippen MR) is 101 cm³/mol. The van der Waals surface area contributed by atoms with Gasteiger partial charge in [0, 0.05) is 13.1 Å². The normalized spacial score (nSPS) is 13.4. The summed E-state index contributed by atoms with van der Waals surface area (Å²) in [6, 6.07) is 11.6. The van der Waals surface area contributed by atoms with Crippen LogP contribution in [0.25, 0.3) is 0 Å². The van der Waals surface area contributed by atoms with Gasteiger partial charge in [0.25, 0.3) is 0 Å². The molecule has 0 aliphatic rings. The summed E-state index contributed by atoms with van der Waals surface area (Å²) in [6.45, 7) is 3.26. The first-order chi connectivity index (χ1) is 12.6. The molecule has 0 saturated heterocycles. The van der Waals surface area contributed by atoms with Gasteiger partial charge in [-0.3, -0.25) is 0 Å². The Morgan fingerprint density at radius 2 is 1.22 bits per heavy atom. The average Bonchev–Trinajstić information content (AvgIpc) is 2.60. The Bertz CT molecular complexity index is 957. The van der Waals surface area contributed by atoms with Crippen LogP contribution in [0.4, 0.5) is 0 Å². The van der Waals surface area contributed by atoms with Gasteiger partial charge in [-0.25, -0.2) is 31.8 Å². The van der Waals surface area contributed by atoms with Crippen molar-refractivity contribution in [1.82, 2.24) is 14.9 Å². The summed E-state index contributed by atoms with van der Waals surface area (Å²) in [5.41, 5.74) is 3.70. The quantitative estimate of drug-likeness (QED) is 0.453. The summed E-state index contributed by atoms with van der Waals surface area (Å²) in [4.78, 5) is 0.127. The van der Waals surface area contributed by atoms with Crippen LogP contribution in [0.5, 0.6) is 0 Å². The highest BCUT2D eigenvalue weighted by molar-refractivity contribution is 7.90. The van der Waals surface area contributed by atoms with E-state index in [2.05, 4.69) is 9.44 Å². The fourth-order valence-corrected chi connectivity index (χ4v) is 4.60. The van der Waals surface area contributed by atoms with Gasteiger partial charge in [-0.05, 0) is 38.1 Å². The molecule has 8 nitrogen and oxygen atoms in total. The lowest BCUT2D eigenvalue weighted by atomic mass is 10.2. The van der Waals surface area contributed by atoms with E-state index < -0.39 is 26.1 Å². The Labute approximate surface area is 159 Å². The van der Waals surface area contributed by atoms with Gasteiger partial charge in [0.1, 0.15) is 0 Å². The third kappa shape index (κ3) is 6.09. The SMILES string of the molecule is Cc1ccc(S(=O)(=O)NCC(CNO)NS(=O)(=O)c2ccc(C)cc2)cc1. The lowest BCUT2D eigenvalue weighted by Gasteiger charge is -2.19. The van der Waals surface area contributed by atoms with Crippen LogP contribution in [-0.2, 0) is 20.0 Å². The van der Waals surface area contributed by atoms with Crippen molar-refractivity contribution in [3.8, 4) is 0 Å². The van der Waals surface area contributed by atoms with Crippen LogP contribution < -0.4 is 14.9 Å². The average molecular weight is 414 g/mol. The summed E-state index contributed by atoms with van der Waals surface area (Å²) in [7, 11) is -7.68. The molecule has 0 fully saturated rings. The van der Waals surface area contributed by atoms with Crippen LogP contribution in [0, 0.1) is 13.8 Å². The maximum Gasteiger partial charge on any atom is 0.240 e. The van der Waals surface area contributed by atoms with Crippen LogP contribution in [0.2, 0.25) is 0 Å². The number of sulfonamides is 2. The first kappa shape index (κ1) is 21.5. The molecule has 0 aliphatic carbocycles. The standard InChI is InChI=1S/C17H23N3O5S2/c1-13-3-7-16(8-4-13)26(22,23)19-12-15(11-18-21)20-27(24,25)17-9-5-14(2)6-10-17/h3-10,15,18-21H,11-12H2,1-2H3. The van der Waals surface area contributed by atoms with Gasteiger partial charge < -0.3 is 5.21 Å². The minimum Gasteiger partial charge on any atom is -0.317 e. The summed E-state index contributed by atoms with van der Waals surface area (Å²) < 4.78 is 54.4. The van der Waals surface area contributed by atoms with Gasteiger partial charge in [-0.15, -0.1) is 0 Å². The molecule has 148 valence electrons. The monoisotopic (exact) mass is 413 g/mol. The number of benzene rings is 2. The highest BCUT2D eigenvalue weighted by Gasteiger charge is 2.22. The zero-order valence-electron chi connectivity index (χ0n) is 15.0. The zero-order chi connectivity index (χ0) is 20.1. The van der Waals surface area contributed by atoms with E-state index in [-0.39, 0.29) is 22.9 Å². The van der Waals surface area contributed by atoms with E-state index in [0.29, 0.717) is 0 Å². The molecule has 0 bridgehead atoms. The second-order valence-electron chi connectivity index (χ2n) is 6.16. The molecule has 0 spiro atoms. The van der Waals surface area contributed by atoms with Gasteiger partial charge in [-0.1, -0.05) is 35.4 Å². The van der Waals surface area contributed by atoms with Gasteiger partial charge in [-0.2, -0.15) is 0 Å². The third-order valence-corrected chi connectivity index (χ3v) is 6.82. The molecule has 10 heteroatoms. The summed E-state index contributed by atoms with van der Waals surface area (Å²) in [5, 5.41) is 8.96. The zero-order valence-corrected chi connectivity index (χ0v) is 16.6. The molecular formula is C17H23N3O5S2. The van der Waals surface area contributed by atoms with E-state index in [1.54, 1.807) is 24.3 Å². The molecule has 0 aromatic heterocycles. The Balaban J connectivity index is 2.10. The predicted octanol–water partition coefficient (Wildman–Crippen LogP) is 0.908. The molecule has 0 heterocycles. The van der Waals surface area contributed by atoms with Crippen LogP contribution in [0.1, 0.15) is 11.1 Å². The van der Waals surface area contributed by atoms with Gasteiger partial charge in [0.2, 0.25) is 20.0 Å². The topological polar surface area (TPSA) is 125 Å². The number of hydrogen-bond donors (Lipinski definition) is 4. The highest BCUT2D eigenvalue weighted by Crippen LogP contribution is 2.12. The molecule has 2 aromatic carbocycles. The molecule has 1 unspecified atom stereocenters. The van der Waals surface area contributed by atoms with Crippen molar-refractivity contribution in [2.24, 2.45) is 0 Å². The second kappa shape index (κ2) is 8.91. The molecular weight excluding hydrogens is 390 g/mol. The molecule has 0 amide bonds. The van der Waals surface area contributed by atoms with E-state index in [0.717, 1.165) is 11.1 Å². The molecule has 27 heavy (non-hydrogen) atoms. The summed E-state index contributed by atoms with van der Waals surface area (Å²) in [6.07, 6.45) is 0. The smallest absolute Gasteiger partial charge is 0.240 e. The van der Waals surface area contributed by atoms with Crippen molar-refractivity contribution in [3.05, 3.63) is 59.7 Å². The van der Waals surface area contributed by atoms with Crippen LogP contribution >= 0.6 is 0 Å². The maximum atomic E-state index is 12.5. The van der Waals surface area contributed by atoms with E-state index >= 15 is 0 Å². The molecule has 0 saturated carbocycles. The number of hydrogen-bond acceptors (Lipinski definition) is 6. The van der Waals surface area contributed by atoms with Crippen molar-refractivity contribution < 1.29 is 22.0 Å². The lowest BCUT2D eigenvalue weighted by molar-refractivity contribution is 0.158. The van der Waals surface area contributed by atoms with E-state index in [1.807, 2.05) is 19.3 Å². The Morgan fingerprint density at radius 3 is 1.67 bits per heavy atom. The minimum absolute atomic E-state index is 0.0532. The van der Waals surface area contributed by atoms with Crippen LogP contribution in [-0.4, -0.2) is 41.2 Å². The molecule has 1 atom stereocenters. The van der Waals surface area contributed by atoms with E-state index in [1.165, 1.54) is 24.3 Å². The van der Waals surface area contributed by atoms with Crippen molar-refractivity contribution in [2.75, 3.05) is 13.1 Å². The second-order valence-corrected chi connectivity index (χ2v) is 9.64. The number of rotatable bonds is 9. The van der Waals surface area contributed by atoms with Gasteiger partial charge in [0.15, 0.2) is 0 Å². The highest BCUT2D eigenvalue weighted by atomic mass is 32.2. The summed E-state index contributed by atoms with van der Waals surface area (Å²) >= 11 is 0. The third-order valence-electron chi connectivity index (χ3n) is 3.84. The van der Waals surface area contributed by atoms with Crippen LogP contribution in [0.3, 0.4) is 0 Å². The Kier molecular flexibility index (Phi) is 7.09. The Morgan fingerprint density at radius 1 is 0.778 bits per heavy atom. The maximum absolute atomic E-state index is 12.5. The molecule has 4 N–H and O–H groups in total. The minimum atomic E-state index is -3.87. The molecule has 2 rings (SSSR count). The molecule has 2 aromatic rings. The Hall–Kier alpha value is -1.82. The molecule has 0 aliphatic heterocycles. The summed E-state index contributed by atoms with van der Waals surface area (Å²) in [5.74, 6) is 0. The first-order valence-electron chi connectivity index (χ1n) is 8.16. The van der Waals surface area contributed by atoms with Gasteiger partial charge >= 0.3 is 0 Å². The number of hydroxylamine groups is 1.